The fourth-order valence-electron chi connectivity index (χ4n) is 4.10. The molecule has 1 fully saturated rings. The van der Waals surface area contributed by atoms with Gasteiger partial charge in [-0.05, 0) is 48.7 Å². The summed E-state index contributed by atoms with van der Waals surface area (Å²) < 4.78 is 1.18. The van der Waals surface area contributed by atoms with Crippen LogP contribution in [0.3, 0.4) is 0 Å². The molecule has 2 nitrogen and oxygen atoms in total. The summed E-state index contributed by atoms with van der Waals surface area (Å²) in [5.41, 5.74) is 4.51. The van der Waals surface area contributed by atoms with Crippen LogP contribution in [-0.2, 0) is 19.4 Å². The molecule has 120 valence electrons. The highest BCUT2D eigenvalue weighted by atomic mass is 79.9. The fourth-order valence-corrected chi connectivity index (χ4v) is 4.54. The van der Waals surface area contributed by atoms with Crippen LogP contribution >= 0.6 is 15.9 Å². The highest BCUT2D eigenvalue weighted by Crippen LogP contribution is 2.28. The summed E-state index contributed by atoms with van der Waals surface area (Å²) in [7, 11) is 2.29. The number of hydrogen-bond acceptors (Lipinski definition) is 2. The van der Waals surface area contributed by atoms with Crippen molar-refractivity contribution >= 4 is 15.9 Å². The molecule has 3 heteroatoms. The molecule has 0 radical (unpaired) electrons. The lowest BCUT2D eigenvalue weighted by molar-refractivity contribution is 0.0345. The number of likely N-dealkylation sites (N-methyl/N-ethyl adjacent to an activating group) is 1. The van der Waals surface area contributed by atoms with Gasteiger partial charge in [0.2, 0.25) is 0 Å². The van der Waals surface area contributed by atoms with Crippen LogP contribution in [0.15, 0.2) is 53.0 Å². The Kier molecular flexibility index (Phi) is 4.27. The fraction of sp³-hybridized carbons (Fsp3) is 0.400. The van der Waals surface area contributed by atoms with Gasteiger partial charge < -0.3 is 4.90 Å². The molecule has 3 aliphatic rings. The largest absolute Gasteiger partial charge is 0.300 e. The smallest absolute Gasteiger partial charge is 0.0267 e. The monoisotopic (exact) mass is 370 g/mol. The quantitative estimate of drug-likeness (QED) is 0.794. The zero-order valence-electron chi connectivity index (χ0n) is 13.6. The normalized spacial score (nSPS) is 25.0. The predicted molar refractivity (Wildman–Crippen MR) is 98.6 cm³/mol. The van der Waals surface area contributed by atoms with Crippen LogP contribution in [0, 0.1) is 0 Å². The van der Waals surface area contributed by atoms with Gasteiger partial charge in [0, 0.05) is 36.2 Å². The van der Waals surface area contributed by atoms with Crippen LogP contribution in [0.2, 0.25) is 0 Å². The van der Waals surface area contributed by atoms with E-state index in [9.17, 15) is 0 Å². The Morgan fingerprint density at radius 1 is 0.957 bits per heavy atom. The van der Waals surface area contributed by atoms with Crippen molar-refractivity contribution in [1.82, 2.24) is 9.80 Å². The van der Waals surface area contributed by atoms with Gasteiger partial charge in [-0.3, -0.25) is 4.90 Å². The van der Waals surface area contributed by atoms with E-state index in [0.717, 1.165) is 6.54 Å². The van der Waals surface area contributed by atoms with E-state index in [-0.39, 0.29) is 0 Å². The molecule has 3 heterocycles. The highest BCUT2D eigenvalue weighted by Gasteiger charge is 2.34. The van der Waals surface area contributed by atoms with Crippen molar-refractivity contribution in [3.8, 4) is 0 Å². The second-order valence-corrected chi connectivity index (χ2v) is 7.90. The summed E-state index contributed by atoms with van der Waals surface area (Å²) in [5.74, 6) is 0. The first kappa shape index (κ1) is 15.4. The van der Waals surface area contributed by atoms with E-state index in [4.69, 9.17) is 0 Å². The number of halogens is 1. The lowest BCUT2D eigenvalue weighted by atomic mass is 9.88. The second-order valence-electron chi connectivity index (χ2n) is 6.98. The van der Waals surface area contributed by atoms with Crippen LogP contribution < -0.4 is 0 Å². The number of fused-ring (bicyclic) bond motifs is 2. The molecule has 3 aliphatic heterocycles. The van der Waals surface area contributed by atoms with Crippen LogP contribution in [0.4, 0.5) is 0 Å². The van der Waals surface area contributed by atoms with Crippen LogP contribution in [0.1, 0.15) is 16.7 Å². The summed E-state index contributed by atoms with van der Waals surface area (Å²) in [6.45, 7) is 3.39. The van der Waals surface area contributed by atoms with E-state index in [1.807, 2.05) is 0 Å². The molecule has 2 aromatic carbocycles. The summed E-state index contributed by atoms with van der Waals surface area (Å²) in [6, 6.07) is 19.0. The second kappa shape index (κ2) is 6.39. The topological polar surface area (TPSA) is 6.48 Å². The molecule has 0 saturated carbocycles. The van der Waals surface area contributed by atoms with Crippen molar-refractivity contribution in [3.05, 3.63) is 69.7 Å². The maximum Gasteiger partial charge on any atom is 0.0267 e. The van der Waals surface area contributed by atoms with Crippen molar-refractivity contribution in [2.45, 2.75) is 31.5 Å². The minimum atomic E-state index is 0.608. The van der Waals surface area contributed by atoms with Crippen LogP contribution in [-0.4, -0.2) is 42.0 Å². The molecule has 5 rings (SSSR count). The van der Waals surface area contributed by atoms with Gasteiger partial charge in [0.05, 0.1) is 0 Å². The molecule has 23 heavy (non-hydrogen) atoms. The summed E-state index contributed by atoms with van der Waals surface area (Å²) in [5, 5.41) is 0. The van der Waals surface area contributed by atoms with Crippen molar-refractivity contribution in [2.75, 3.05) is 20.1 Å². The maximum atomic E-state index is 3.60. The Bertz CT molecular complexity index is 700. The van der Waals surface area contributed by atoms with E-state index >= 15 is 0 Å². The molecule has 2 bridgehead atoms. The summed E-state index contributed by atoms with van der Waals surface area (Å²) in [6.07, 6.45) is 2.34. The Morgan fingerprint density at radius 3 is 2.43 bits per heavy atom. The van der Waals surface area contributed by atoms with Crippen LogP contribution in [0.5, 0.6) is 0 Å². The Hall–Kier alpha value is -1.16. The zero-order valence-corrected chi connectivity index (χ0v) is 15.2. The first-order valence-electron chi connectivity index (χ1n) is 8.44. The van der Waals surface area contributed by atoms with E-state index in [2.05, 4.69) is 81.3 Å². The Balaban J connectivity index is 1.61. The standard InChI is InChI=1S/C20H23BrN2/c1-22-13-20-11-17-7-3-2-6-16(17)10-19(22)14-23(20)12-15-5-4-8-18(21)9-15/h2-9,19-20H,10-14H2,1H3. The number of benzene rings is 2. The maximum absolute atomic E-state index is 3.60. The van der Waals surface area contributed by atoms with E-state index < -0.39 is 0 Å². The minimum Gasteiger partial charge on any atom is -0.300 e. The molecule has 0 aromatic heterocycles. The van der Waals surface area contributed by atoms with Crippen molar-refractivity contribution in [3.63, 3.8) is 0 Å². The molecule has 0 amide bonds. The SMILES string of the molecule is CN1CC2Cc3ccccc3CC1CN2Cc1cccc(Br)c1. The van der Waals surface area contributed by atoms with Gasteiger partial charge in [-0.2, -0.15) is 0 Å². The third kappa shape index (κ3) is 3.23. The Labute approximate surface area is 147 Å². The third-order valence-electron chi connectivity index (χ3n) is 5.39. The van der Waals surface area contributed by atoms with Crippen molar-refractivity contribution in [2.24, 2.45) is 0 Å². The van der Waals surface area contributed by atoms with Gasteiger partial charge in [0.25, 0.3) is 0 Å². The highest BCUT2D eigenvalue weighted by molar-refractivity contribution is 9.10. The molecule has 2 aromatic rings. The summed E-state index contributed by atoms with van der Waals surface area (Å²) >= 11 is 3.60. The zero-order chi connectivity index (χ0) is 15.8. The number of hydrogen-bond donors (Lipinski definition) is 0. The van der Waals surface area contributed by atoms with Crippen molar-refractivity contribution < 1.29 is 0 Å². The van der Waals surface area contributed by atoms with Gasteiger partial charge in [0.15, 0.2) is 0 Å². The number of rotatable bonds is 2. The average molecular weight is 371 g/mol. The molecular weight excluding hydrogens is 348 g/mol. The lowest BCUT2D eigenvalue weighted by Gasteiger charge is -2.47. The molecule has 2 atom stereocenters. The lowest BCUT2D eigenvalue weighted by Crippen LogP contribution is -2.59. The van der Waals surface area contributed by atoms with Gasteiger partial charge in [-0.25, -0.2) is 0 Å². The average Bonchev–Trinajstić information content (AvgIpc) is 2.51. The van der Waals surface area contributed by atoms with E-state index in [1.165, 1.54) is 36.0 Å². The number of piperazine rings is 1. The first-order chi connectivity index (χ1) is 11.2. The number of nitrogens with zero attached hydrogens (tertiary/aromatic N) is 2. The predicted octanol–water partition coefficient (Wildman–Crippen LogP) is 3.73. The van der Waals surface area contributed by atoms with Gasteiger partial charge in [-0.15, -0.1) is 0 Å². The minimum absolute atomic E-state index is 0.608. The first-order valence-corrected chi connectivity index (χ1v) is 9.24. The van der Waals surface area contributed by atoms with Gasteiger partial charge >= 0.3 is 0 Å². The summed E-state index contributed by atoms with van der Waals surface area (Å²) in [4.78, 5) is 5.26. The Morgan fingerprint density at radius 2 is 1.70 bits per heavy atom. The molecule has 0 spiro atoms. The van der Waals surface area contributed by atoms with Gasteiger partial charge in [0.1, 0.15) is 0 Å². The van der Waals surface area contributed by atoms with Gasteiger partial charge in [-0.1, -0.05) is 52.3 Å². The third-order valence-corrected chi connectivity index (χ3v) is 5.88. The molecule has 0 N–H and O–H groups in total. The molecular formula is C20H23BrN2. The van der Waals surface area contributed by atoms with Crippen molar-refractivity contribution in [1.29, 1.82) is 0 Å². The molecule has 2 unspecified atom stereocenters. The molecule has 1 saturated heterocycles. The van der Waals surface area contributed by atoms with E-state index in [0.29, 0.717) is 12.1 Å². The molecule has 0 aliphatic carbocycles. The van der Waals surface area contributed by atoms with Crippen LogP contribution in [0.25, 0.3) is 0 Å². The van der Waals surface area contributed by atoms with E-state index in [1.54, 1.807) is 11.1 Å².